The molecule has 0 aliphatic heterocycles. The predicted octanol–water partition coefficient (Wildman–Crippen LogP) is 2.98. The number of carbonyl (C=O) groups is 4. The second kappa shape index (κ2) is 10.5. The molecule has 0 atom stereocenters. The number of nitrogens with one attached hydrogen (secondary N) is 3. The number of carboxylic acids is 1. The van der Waals surface area contributed by atoms with Crippen LogP contribution in [-0.4, -0.2) is 48.7 Å². The van der Waals surface area contributed by atoms with Crippen LogP contribution in [0.1, 0.15) is 27.4 Å². The summed E-state index contributed by atoms with van der Waals surface area (Å²) in [7, 11) is 0. The van der Waals surface area contributed by atoms with E-state index in [0.717, 1.165) is 22.3 Å². The van der Waals surface area contributed by atoms with Gasteiger partial charge in [0.25, 0.3) is 0 Å². The van der Waals surface area contributed by atoms with Crippen molar-refractivity contribution in [2.24, 2.45) is 0 Å². The van der Waals surface area contributed by atoms with Crippen molar-refractivity contribution >= 4 is 29.6 Å². The lowest BCUT2D eigenvalue weighted by atomic mass is 9.98. The zero-order valence-corrected chi connectivity index (χ0v) is 18.6. The van der Waals surface area contributed by atoms with E-state index in [1.807, 2.05) is 48.5 Å². The van der Waals surface area contributed by atoms with E-state index in [0.29, 0.717) is 5.69 Å². The zero-order valence-electron chi connectivity index (χ0n) is 18.6. The summed E-state index contributed by atoms with van der Waals surface area (Å²) in [5.41, 5.74) is 4.72. The van der Waals surface area contributed by atoms with Gasteiger partial charge in [0.15, 0.2) is 0 Å². The third-order valence-corrected chi connectivity index (χ3v) is 5.58. The van der Waals surface area contributed by atoms with Gasteiger partial charge in [0.05, 0.1) is 12.1 Å². The Hall–Kier alpha value is -4.66. The standard InChI is InChI=1S/C26H23N3O6/c30-23(27-14-24(31)29-17-7-5-6-16(12-17)25(32)33)13-28-26(34)35-15-22-20-10-3-1-8-18(20)19-9-2-4-11-21(19)22/h1-12,22H,13-15H2,(H,27,30)(H,28,34)(H,29,31)(H,32,33). The van der Waals surface area contributed by atoms with Gasteiger partial charge in [0, 0.05) is 11.6 Å². The number of aromatic carboxylic acids is 1. The molecule has 3 aromatic rings. The van der Waals surface area contributed by atoms with Gasteiger partial charge < -0.3 is 25.8 Å². The summed E-state index contributed by atoms with van der Waals surface area (Å²) >= 11 is 0. The molecule has 4 rings (SSSR count). The minimum atomic E-state index is -1.12. The van der Waals surface area contributed by atoms with Gasteiger partial charge >= 0.3 is 12.1 Å². The van der Waals surface area contributed by atoms with E-state index in [2.05, 4.69) is 16.0 Å². The number of ether oxygens (including phenoxy) is 1. The maximum atomic E-state index is 12.2. The van der Waals surface area contributed by atoms with Crippen molar-refractivity contribution in [3.63, 3.8) is 0 Å². The fraction of sp³-hybridized carbons (Fsp3) is 0.154. The van der Waals surface area contributed by atoms with E-state index in [4.69, 9.17) is 9.84 Å². The zero-order chi connectivity index (χ0) is 24.8. The van der Waals surface area contributed by atoms with Gasteiger partial charge in [-0.25, -0.2) is 9.59 Å². The van der Waals surface area contributed by atoms with Crippen LogP contribution in [0.15, 0.2) is 72.8 Å². The summed E-state index contributed by atoms with van der Waals surface area (Å²) in [6, 6.07) is 21.7. The summed E-state index contributed by atoms with van der Waals surface area (Å²) in [4.78, 5) is 47.1. The van der Waals surface area contributed by atoms with Crippen molar-refractivity contribution in [1.29, 1.82) is 0 Å². The molecule has 0 fully saturated rings. The third kappa shape index (κ3) is 5.64. The number of hydrogen-bond acceptors (Lipinski definition) is 5. The highest BCUT2D eigenvalue weighted by Gasteiger charge is 2.29. The van der Waals surface area contributed by atoms with Crippen molar-refractivity contribution in [2.75, 3.05) is 25.0 Å². The van der Waals surface area contributed by atoms with Crippen molar-refractivity contribution < 1.29 is 29.0 Å². The van der Waals surface area contributed by atoms with Crippen LogP contribution in [0, 0.1) is 0 Å². The largest absolute Gasteiger partial charge is 0.478 e. The molecule has 0 heterocycles. The number of rotatable bonds is 8. The molecule has 35 heavy (non-hydrogen) atoms. The average Bonchev–Trinajstić information content (AvgIpc) is 3.19. The Bertz CT molecular complexity index is 1240. The highest BCUT2D eigenvalue weighted by atomic mass is 16.5. The molecule has 0 radical (unpaired) electrons. The maximum absolute atomic E-state index is 12.2. The Morgan fingerprint density at radius 1 is 0.771 bits per heavy atom. The Kier molecular flexibility index (Phi) is 7.06. The van der Waals surface area contributed by atoms with Gasteiger partial charge in [-0.05, 0) is 40.5 Å². The van der Waals surface area contributed by atoms with Crippen molar-refractivity contribution in [2.45, 2.75) is 5.92 Å². The fourth-order valence-electron chi connectivity index (χ4n) is 3.98. The molecule has 0 saturated carbocycles. The lowest BCUT2D eigenvalue weighted by Gasteiger charge is -2.14. The predicted molar refractivity (Wildman–Crippen MR) is 128 cm³/mol. The molecular weight excluding hydrogens is 450 g/mol. The quantitative estimate of drug-likeness (QED) is 0.397. The summed E-state index contributed by atoms with van der Waals surface area (Å²) < 4.78 is 5.37. The van der Waals surface area contributed by atoms with Crippen LogP contribution in [0.3, 0.4) is 0 Å². The lowest BCUT2D eigenvalue weighted by molar-refractivity contribution is -0.123. The van der Waals surface area contributed by atoms with Gasteiger partial charge in [0.1, 0.15) is 13.2 Å². The molecule has 0 bridgehead atoms. The van der Waals surface area contributed by atoms with Crippen LogP contribution < -0.4 is 16.0 Å². The van der Waals surface area contributed by atoms with Crippen molar-refractivity contribution in [3.05, 3.63) is 89.5 Å². The van der Waals surface area contributed by atoms with Crippen LogP contribution in [0.4, 0.5) is 10.5 Å². The van der Waals surface area contributed by atoms with Crippen molar-refractivity contribution in [3.8, 4) is 11.1 Å². The number of anilines is 1. The number of carboxylic acid groups (broad SMARTS) is 1. The van der Waals surface area contributed by atoms with Crippen LogP contribution in [0.25, 0.3) is 11.1 Å². The summed E-state index contributed by atoms with van der Waals surface area (Å²) in [5.74, 6) is -2.33. The highest BCUT2D eigenvalue weighted by Crippen LogP contribution is 2.44. The molecule has 4 N–H and O–H groups in total. The summed E-state index contributed by atoms with van der Waals surface area (Å²) in [6.07, 6.45) is -0.739. The average molecular weight is 473 g/mol. The van der Waals surface area contributed by atoms with Gasteiger partial charge in [-0.2, -0.15) is 0 Å². The molecule has 9 heteroatoms. The first-order valence-corrected chi connectivity index (χ1v) is 10.9. The number of benzene rings is 3. The monoisotopic (exact) mass is 473 g/mol. The maximum Gasteiger partial charge on any atom is 0.407 e. The van der Waals surface area contributed by atoms with E-state index < -0.39 is 23.9 Å². The SMILES string of the molecule is O=C(CNC(=O)OCC1c2ccccc2-c2ccccc21)NCC(=O)Nc1cccc(C(=O)O)c1. The number of alkyl carbamates (subject to hydrolysis) is 1. The molecule has 9 nitrogen and oxygen atoms in total. The first-order chi connectivity index (χ1) is 16.9. The second-order valence-electron chi connectivity index (χ2n) is 7.89. The first-order valence-electron chi connectivity index (χ1n) is 10.9. The van der Waals surface area contributed by atoms with E-state index in [9.17, 15) is 19.2 Å². The Labute approximate surface area is 201 Å². The topological polar surface area (TPSA) is 134 Å². The highest BCUT2D eigenvalue weighted by molar-refractivity contribution is 5.96. The molecule has 0 aromatic heterocycles. The lowest BCUT2D eigenvalue weighted by Crippen LogP contribution is -2.40. The van der Waals surface area contributed by atoms with Crippen LogP contribution in [0.5, 0.6) is 0 Å². The minimum Gasteiger partial charge on any atom is -0.478 e. The normalized spacial score (nSPS) is 11.7. The van der Waals surface area contributed by atoms with Crippen LogP contribution >= 0.6 is 0 Å². The van der Waals surface area contributed by atoms with Gasteiger partial charge in [-0.3, -0.25) is 9.59 Å². The molecule has 3 amide bonds. The smallest absolute Gasteiger partial charge is 0.407 e. The summed E-state index contributed by atoms with van der Waals surface area (Å²) in [6.45, 7) is -0.583. The Morgan fingerprint density at radius 3 is 2.06 bits per heavy atom. The molecule has 0 spiro atoms. The van der Waals surface area contributed by atoms with Crippen LogP contribution in [-0.2, 0) is 14.3 Å². The van der Waals surface area contributed by atoms with E-state index in [1.54, 1.807) is 0 Å². The molecule has 0 saturated heterocycles. The number of amides is 3. The van der Waals surface area contributed by atoms with E-state index in [-0.39, 0.29) is 31.2 Å². The van der Waals surface area contributed by atoms with E-state index in [1.165, 1.54) is 24.3 Å². The Morgan fingerprint density at radius 2 is 1.40 bits per heavy atom. The molecule has 0 unspecified atom stereocenters. The summed E-state index contributed by atoms with van der Waals surface area (Å²) in [5, 5.41) is 16.3. The molecule has 3 aromatic carbocycles. The Balaban J connectivity index is 1.21. The second-order valence-corrected chi connectivity index (χ2v) is 7.89. The molecule has 1 aliphatic carbocycles. The van der Waals surface area contributed by atoms with Gasteiger partial charge in [-0.1, -0.05) is 54.6 Å². The van der Waals surface area contributed by atoms with E-state index >= 15 is 0 Å². The van der Waals surface area contributed by atoms with Crippen LogP contribution in [0.2, 0.25) is 0 Å². The van der Waals surface area contributed by atoms with Gasteiger partial charge in [-0.15, -0.1) is 0 Å². The minimum absolute atomic E-state index is 0.0270. The number of fused-ring (bicyclic) bond motifs is 3. The number of hydrogen-bond donors (Lipinski definition) is 4. The third-order valence-electron chi connectivity index (χ3n) is 5.58. The molecule has 1 aliphatic rings. The van der Waals surface area contributed by atoms with Crippen molar-refractivity contribution in [1.82, 2.24) is 10.6 Å². The molecule has 178 valence electrons. The molecular formula is C26H23N3O6. The number of carbonyl (C=O) groups excluding carboxylic acids is 3. The first kappa shape index (κ1) is 23.5. The fourth-order valence-corrected chi connectivity index (χ4v) is 3.98. The van der Waals surface area contributed by atoms with Gasteiger partial charge in [0.2, 0.25) is 11.8 Å².